The second kappa shape index (κ2) is 7.73. The predicted molar refractivity (Wildman–Crippen MR) is 113 cm³/mol. The largest absolute Gasteiger partial charge is 0.494 e. The van der Waals surface area contributed by atoms with E-state index in [-0.39, 0.29) is 34.5 Å². The first kappa shape index (κ1) is 21.2. The molecule has 4 atom stereocenters. The van der Waals surface area contributed by atoms with E-state index < -0.39 is 40.4 Å². The van der Waals surface area contributed by atoms with E-state index in [2.05, 4.69) is 0 Å². The van der Waals surface area contributed by atoms with E-state index in [0.29, 0.717) is 13.0 Å². The molecule has 3 heterocycles. The van der Waals surface area contributed by atoms with Crippen LogP contribution >= 0.6 is 0 Å². The van der Waals surface area contributed by atoms with Crippen molar-refractivity contribution >= 4 is 29.0 Å². The van der Waals surface area contributed by atoms with Crippen molar-refractivity contribution in [3.05, 3.63) is 64.0 Å². The van der Waals surface area contributed by atoms with Crippen LogP contribution in [0.3, 0.4) is 0 Å². The molecule has 4 unspecified atom stereocenters. The molecule has 0 aromatic heterocycles. The van der Waals surface area contributed by atoms with Gasteiger partial charge in [-0.1, -0.05) is 0 Å². The number of nitro benzene ring substituents is 1. The predicted octanol–water partition coefficient (Wildman–Crippen LogP) is 2.58. The summed E-state index contributed by atoms with van der Waals surface area (Å²) in [7, 11) is 1.30. The Kier molecular flexibility index (Phi) is 4.97. The highest BCUT2D eigenvalue weighted by atomic mass is 19.1. The van der Waals surface area contributed by atoms with Crippen LogP contribution in [0, 0.1) is 27.8 Å². The molecule has 0 spiro atoms. The Morgan fingerprint density at radius 2 is 1.82 bits per heavy atom. The molecule has 2 amide bonds. The zero-order chi connectivity index (χ0) is 23.4. The maximum absolute atomic E-state index is 13.6. The minimum absolute atomic E-state index is 0.0237. The molecule has 3 aliphatic heterocycles. The number of hydrogen-bond donors (Lipinski definition) is 0. The van der Waals surface area contributed by atoms with E-state index in [0.717, 1.165) is 17.4 Å². The summed E-state index contributed by atoms with van der Waals surface area (Å²) < 4.78 is 18.6. The lowest BCUT2D eigenvalue weighted by Gasteiger charge is -2.28. The molecule has 3 aliphatic rings. The van der Waals surface area contributed by atoms with E-state index in [1.807, 2.05) is 4.90 Å². The molecule has 2 aromatic rings. The second-order valence-corrected chi connectivity index (χ2v) is 8.44. The Morgan fingerprint density at radius 1 is 1.12 bits per heavy atom. The van der Waals surface area contributed by atoms with Gasteiger partial charge >= 0.3 is 0 Å². The molecule has 0 bridgehead atoms. The molecule has 3 saturated heterocycles. The molecule has 0 radical (unpaired) electrons. The van der Waals surface area contributed by atoms with Crippen LogP contribution < -0.4 is 9.64 Å². The van der Waals surface area contributed by atoms with E-state index >= 15 is 0 Å². The Morgan fingerprint density at radius 3 is 2.48 bits per heavy atom. The zero-order valence-corrected chi connectivity index (χ0v) is 17.6. The van der Waals surface area contributed by atoms with Gasteiger partial charge in [0.05, 0.1) is 41.7 Å². The monoisotopic (exact) mass is 453 g/mol. The number of nitrogens with zero attached hydrogens (tertiary/aromatic N) is 3. The summed E-state index contributed by atoms with van der Waals surface area (Å²) >= 11 is 0. The zero-order valence-electron chi connectivity index (χ0n) is 17.6. The van der Waals surface area contributed by atoms with Gasteiger partial charge in [-0.15, -0.1) is 0 Å². The van der Waals surface area contributed by atoms with Gasteiger partial charge in [-0.2, -0.15) is 0 Å². The highest BCUT2D eigenvalue weighted by Gasteiger charge is 2.65. The SMILES string of the molecule is COc1cc([N+](=O)[O-])ccc1N1C(=O)C2C(C1=O)C(C(=O)c1ccc(F)cc1)N1CCCC21. The third-order valence-electron chi connectivity index (χ3n) is 6.86. The Labute approximate surface area is 187 Å². The summed E-state index contributed by atoms with van der Waals surface area (Å²) in [6.45, 7) is 0.594. The van der Waals surface area contributed by atoms with Gasteiger partial charge in [-0.3, -0.25) is 29.4 Å². The topological polar surface area (TPSA) is 110 Å². The number of non-ortho nitro benzene ring substituents is 1. The fourth-order valence-electron chi connectivity index (χ4n) is 5.50. The highest BCUT2D eigenvalue weighted by Crippen LogP contribution is 2.49. The average molecular weight is 453 g/mol. The van der Waals surface area contributed by atoms with Crippen molar-refractivity contribution in [1.29, 1.82) is 0 Å². The van der Waals surface area contributed by atoms with Crippen molar-refractivity contribution in [2.75, 3.05) is 18.6 Å². The molecule has 33 heavy (non-hydrogen) atoms. The number of Topliss-reactive ketones (excluding diaryl/α,β-unsaturated/α-hetero) is 1. The van der Waals surface area contributed by atoms with Crippen LogP contribution in [0.2, 0.25) is 0 Å². The van der Waals surface area contributed by atoms with Crippen LogP contribution in [-0.4, -0.2) is 53.2 Å². The van der Waals surface area contributed by atoms with Gasteiger partial charge in [-0.05, 0) is 49.7 Å². The number of ketones is 1. The molecule has 5 rings (SSSR count). The van der Waals surface area contributed by atoms with Crippen molar-refractivity contribution in [2.45, 2.75) is 24.9 Å². The number of halogens is 1. The minimum atomic E-state index is -0.889. The molecular weight excluding hydrogens is 433 g/mol. The van der Waals surface area contributed by atoms with Crippen LogP contribution in [0.15, 0.2) is 42.5 Å². The van der Waals surface area contributed by atoms with Crippen molar-refractivity contribution < 1.29 is 28.4 Å². The lowest BCUT2D eigenvalue weighted by Crippen LogP contribution is -2.46. The summed E-state index contributed by atoms with van der Waals surface area (Å²) in [4.78, 5) is 54.0. The maximum atomic E-state index is 13.6. The van der Waals surface area contributed by atoms with Crippen molar-refractivity contribution in [2.24, 2.45) is 11.8 Å². The van der Waals surface area contributed by atoms with E-state index in [4.69, 9.17) is 4.74 Å². The third kappa shape index (κ3) is 3.12. The number of amides is 2. The summed E-state index contributed by atoms with van der Waals surface area (Å²) in [5.41, 5.74) is 0.158. The number of ether oxygens (including phenoxy) is 1. The number of carbonyl (C=O) groups is 3. The molecule has 9 nitrogen and oxygen atoms in total. The van der Waals surface area contributed by atoms with Crippen molar-refractivity contribution in [3.63, 3.8) is 0 Å². The van der Waals surface area contributed by atoms with Crippen LogP contribution in [0.4, 0.5) is 15.8 Å². The van der Waals surface area contributed by atoms with Gasteiger partial charge in [0, 0.05) is 17.7 Å². The fraction of sp³-hybridized carbons (Fsp3) is 0.348. The number of rotatable bonds is 5. The lowest BCUT2D eigenvalue weighted by atomic mass is 9.85. The Balaban J connectivity index is 1.55. The smallest absolute Gasteiger partial charge is 0.273 e. The molecule has 0 aliphatic carbocycles. The van der Waals surface area contributed by atoms with Gasteiger partial charge in [-0.25, -0.2) is 9.29 Å². The molecule has 10 heteroatoms. The first-order valence-corrected chi connectivity index (χ1v) is 10.6. The molecular formula is C23H20FN3O6. The standard InChI is InChI=1S/C23H20FN3O6/c1-33-17-11-14(27(31)32)8-9-15(17)26-22(29)18-16-3-2-10-25(16)20(19(18)23(26)30)21(28)12-4-6-13(24)7-5-12/h4-9,11,16,18-20H,2-3,10H2,1H3. The number of anilines is 1. The number of nitro groups is 1. The number of carbonyl (C=O) groups excluding carboxylic acids is 3. The quantitative estimate of drug-likeness (QED) is 0.296. The van der Waals surface area contributed by atoms with Gasteiger partial charge in [0.2, 0.25) is 11.8 Å². The third-order valence-corrected chi connectivity index (χ3v) is 6.86. The summed E-state index contributed by atoms with van der Waals surface area (Å²) in [6.07, 6.45) is 1.47. The molecule has 3 fully saturated rings. The first-order chi connectivity index (χ1) is 15.8. The van der Waals surface area contributed by atoms with Gasteiger partial charge < -0.3 is 4.74 Å². The number of benzene rings is 2. The van der Waals surface area contributed by atoms with Gasteiger partial charge in [0.15, 0.2) is 5.78 Å². The highest BCUT2D eigenvalue weighted by molar-refractivity contribution is 6.25. The Bertz CT molecular complexity index is 1180. The van der Waals surface area contributed by atoms with Crippen LogP contribution in [0.25, 0.3) is 0 Å². The molecule has 0 N–H and O–H groups in total. The van der Waals surface area contributed by atoms with Crippen LogP contribution in [-0.2, 0) is 9.59 Å². The molecule has 0 saturated carbocycles. The number of methoxy groups -OCH3 is 1. The number of imide groups is 1. The number of fused-ring (bicyclic) bond motifs is 3. The van der Waals surface area contributed by atoms with Crippen molar-refractivity contribution in [3.8, 4) is 5.75 Å². The fourth-order valence-corrected chi connectivity index (χ4v) is 5.50. The van der Waals surface area contributed by atoms with Gasteiger partial charge in [0.1, 0.15) is 11.6 Å². The maximum Gasteiger partial charge on any atom is 0.273 e. The molecule has 170 valence electrons. The lowest BCUT2D eigenvalue weighted by molar-refractivity contribution is -0.384. The average Bonchev–Trinajstić information content (AvgIpc) is 3.45. The summed E-state index contributed by atoms with van der Waals surface area (Å²) in [6, 6.07) is 7.74. The minimum Gasteiger partial charge on any atom is -0.494 e. The second-order valence-electron chi connectivity index (χ2n) is 8.44. The summed E-state index contributed by atoms with van der Waals surface area (Å²) in [5.74, 6) is -3.34. The number of hydrogen-bond acceptors (Lipinski definition) is 7. The molecule has 2 aromatic carbocycles. The van der Waals surface area contributed by atoms with Gasteiger partial charge in [0.25, 0.3) is 5.69 Å². The van der Waals surface area contributed by atoms with Crippen LogP contribution in [0.5, 0.6) is 5.75 Å². The van der Waals surface area contributed by atoms with E-state index in [1.165, 1.54) is 43.5 Å². The normalized spacial score (nSPS) is 26.4. The Hall–Kier alpha value is -3.66. The van der Waals surface area contributed by atoms with E-state index in [9.17, 15) is 28.9 Å². The van der Waals surface area contributed by atoms with E-state index in [1.54, 1.807) is 0 Å². The van der Waals surface area contributed by atoms with Crippen LogP contribution in [0.1, 0.15) is 23.2 Å². The van der Waals surface area contributed by atoms with Crippen molar-refractivity contribution in [1.82, 2.24) is 4.90 Å². The summed E-state index contributed by atoms with van der Waals surface area (Å²) in [5, 5.41) is 11.1. The first-order valence-electron chi connectivity index (χ1n) is 10.6.